The van der Waals surface area contributed by atoms with E-state index in [1.807, 2.05) is 13.8 Å². The van der Waals surface area contributed by atoms with Crippen molar-refractivity contribution in [3.8, 4) is 0 Å². The first kappa shape index (κ1) is 18.7. The smallest absolute Gasteiger partial charge is 0.404 e. The van der Waals surface area contributed by atoms with Gasteiger partial charge in [-0.05, 0) is 19.9 Å². The summed E-state index contributed by atoms with van der Waals surface area (Å²) in [6.07, 6.45) is -3.43. The molecule has 2 atom stereocenters. The topological polar surface area (TPSA) is 71.3 Å². The maximum Gasteiger partial charge on any atom is 0.404 e. The van der Waals surface area contributed by atoms with Crippen LogP contribution in [0.15, 0.2) is 4.42 Å². The number of carbonyl (C=O) groups excluding carboxylic acids is 1. The number of amides is 1. The number of aryl methyl sites for hydroxylation is 1. The van der Waals surface area contributed by atoms with Gasteiger partial charge in [0.05, 0.1) is 0 Å². The lowest BCUT2D eigenvalue weighted by atomic mass is 9.98. The summed E-state index contributed by atoms with van der Waals surface area (Å²) in [4.78, 5) is 13.2. The van der Waals surface area contributed by atoms with E-state index in [0.29, 0.717) is 24.6 Å². The van der Waals surface area contributed by atoms with Crippen LogP contribution in [0.2, 0.25) is 0 Å². The van der Waals surface area contributed by atoms with Crippen LogP contribution >= 0.6 is 0 Å². The molecular formula is C15H23F3N4O2. The SMILES string of the molecule is CC(C)c1nnc(CCC(=O)N[C@H]2CC[C@@H](C(F)(F)F)N(C)C2)o1. The van der Waals surface area contributed by atoms with Crippen molar-refractivity contribution in [2.45, 2.75) is 63.7 Å². The average molecular weight is 348 g/mol. The van der Waals surface area contributed by atoms with Crippen molar-refractivity contribution in [3.63, 3.8) is 0 Å². The van der Waals surface area contributed by atoms with Crippen LogP contribution in [-0.2, 0) is 11.2 Å². The molecule has 1 aromatic rings. The molecule has 1 amide bonds. The molecule has 1 aromatic heterocycles. The van der Waals surface area contributed by atoms with Crippen molar-refractivity contribution >= 4 is 5.91 Å². The molecule has 0 bridgehead atoms. The van der Waals surface area contributed by atoms with Gasteiger partial charge in [0.2, 0.25) is 17.7 Å². The molecule has 24 heavy (non-hydrogen) atoms. The fourth-order valence-corrected chi connectivity index (χ4v) is 2.80. The van der Waals surface area contributed by atoms with Gasteiger partial charge in [-0.2, -0.15) is 13.2 Å². The second kappa shape index (κ2) is 7.50. The summed E-state index contributed by atoms with van der Waals surface area (Å²) < 4.78 is 43.8. The highest BCUT2D eigenvalue weighted by atomic mass is 19.4. The number of rotatable bonds is 5. The number of hydrogen-bond acceptors (Lipinski definition) is 5. The predicted molar refractivity (Wildman–Crippen MR) is 80.3 cm³/mol. The summed E-state index contributed by atoms with van der Waals surface area (Å²) in [5, 5.41) is 10.5. The molecule has 2 rings (SSSR count). The fraction of sp³-hybridized carbons (Fsp3) is 0.800. The lowest BCUT2D eigenvalue weighted by Gasteiger charge is -2.38. The summed E-state index contributed by atoms with van der Waals surface area (Å²) in [6.45, 7) is 4.05. The van der Waals surface area contributed by atoms with Crippen molar-refractivity contribution < 1.29 is 22.4 Å². The monoisotopic (exact) mass is 348 g/mol. The van der Waals surface area contributed by atoms with Gasteiger partial charge in [0.1, 0.15) is 6.04 Å². The zero-order valence-corrected chi connectivity index (χ0v) is 14.1. The molecular weight excluding hydrogens is 325 g/mol. The van der Waals surface area contributed by atoms with Crippen LogP contribution in [0.1, 0.15) is 50.8 Å². The Bertz CT molecular complexity index is 559. The van der Waals surface area contributed by atoms with Gasteiger partial charge in [0.25, 0.3) is 0 Å². The zero-order chi connectivity index (χ0) is 17.9. The fourth-order valence-electron chi connectivity index (χ4n) is 2.80. The van der Waals surface area contributed by atoms with E-state index in [9.17, 15) is 18.0 Å². The third-order valence-electron chi connectivity index (χ3n) is 4.11. The van der Waals surface area contributed by atoms with Gasteiger partial charge in [-0.15, -0.1) is 10.2 Å². The van der Waals surface area contributed by atoms with Crippen LogP contribution in [0.4, 0.5) is 13.2 Å². The van der Waals surface area contributed by atoms with E-state index in [2.05, 4.69) is 15.5 Å². The molecule has 0 saturated carbocycles. The summed E-state index contributed by atoms with van der Waals surface area (Å²) >= 11 is 0. The van der Waals surface area contributed by atoms with E-state index in [1.165, 1.54) is 11.9 Å². The van der Waals surface area contributed by atoms with Crippen molar-refractivity contribution in [2.75, 3.05) is 13.6 Å². The maximum atomic E-state index is 12.8. The third-order valence-corrected chi connectivity index (χ3v) is 4.11. The number of piperidine rings is 1. The van der Waals surface area contributed by atoms with E-state index >= 15 is 0 Å². The van der Waals surface area contributed by atoms with Gasteiger partial charge in [-0.25, -0.2) is 0 Å². The van der Waals surface area contributed by atoms with Gasteiger partial charge < -0.3 is 9.73 Å². The number of aromatic nitrogens is 2. The van der Waals surface area contributed by atoms with E-state index in [1.54, 1.807) is 0 Å². The Hall–Kier alpha value is -1.64. The van der Waals surface area contributed by atoms with Crippen LogP contribution in [0.25, 0.3) is 0 Å². The Morgan fingerprint density at radius 3 is 2.62 bits per heavy atom. The van der Waals surface area contributed by atoms with Crippen LogP contribution in [0, 0.1) is 0 Å². The van der Waals surface area contributed by atoms with Crippen LogP contribution < -0.4 is 5.32 Å². The Labute approximate surface area is 138 Å². The first-order valence-electron chi connectivity index (χ1n) is 8.05. The minimum atomic E-state index is -4.23. The molecule has 0 aromatic carbocycles. The lowest BCUT2D eigenvalue weighted by molar-refractivity contribution is -0.188. The first-order chi connectivity index (χ1) is 11.2. The highest BCUT2D eigenvalue weighted by Crippen LogP contribution is 2.30. The van der Waals surface area contributed by atoms with Crippen LogP contribution in [0.5, 0.6) is 0 Å². The molecule has 136 valence electrons. The van der Waals surface area contributed by atoms with E-state index in [-0.39, 0.29) is 37.3 Å². The number of nitrogens with zero attached hydrogens (tertiary/aromatic N) is 3. The number of halogens is 3. The van der Waals surface area contributed by atoms with E-state index in [0.717, 1.165) is 0 Å². The molecule has 0 spiro atoms. The minimum absolute atomic E-state index is 0.00758. The van der Waals surface area contributed by atoms with E-state index < -0.39 is 12.2 Å². The van der Waals surface area contributed by atoms with Crippen molar-refractivity contribution in [1.82, 2.24) is 20.4 Å². The van der Waals surface area contributed by atoms with Gasteiger partial charge in [0.15, 0.2) is 0 Å². The normalized spacial score (nSPS) is 22.8. The maximum absolute atomic E-state index is 12.8. The molecule has 1 N–H and O–H groups in total. The highest BCUT2D eigenvalue weighted by molar-refractivity contribution is 5.76. The molecule has 0 radical (unpaired) electrons. The summed E-state index contributed by atoms with van der Waals surface area (Å²) in [5.41, 5.74) is 0. The summed E-state index contributed by atoms with van der Waals surface area (Å²) in [7, 11) is 1.43. The Balaban J connectivity index is 1.77. The molecule has 0 unspecified atom stereocenters. The number of likely N-dealkylation sites (tertiary alicyclic amines) is 1. The molecule has 1 saturated heterocycles. The Kier molecular flexibility index (Phi) is 5.84. The number of nitrogens with one attached hydrogen (secondary N) is 1. The number of alkyl halides is 3. The molecule has 2 heterocycles. The van der Waals surface area contributed by atoms with Gasteiger partial charge >= 0.3 is 6.18 Å². The molecule has 6 nitrogen and oxygen atoms in total. The molecule has 1 fully saturated rings. The summed E-state index contributed by atoms with van der Waals surface area (Å²) in [6, 6.07) is -1.70. The number of likely N-dealkylation sites (N-methyl/N-ethyl adjacent to an activating group) is 1. The molecule has 0 aliphatic carbocycles. The van der Waals surface area contributed by atoms with E-state index in [4.69, 9.17) is 4.42 Å². The lowest BCUT2D eigenvalue weighted by Crippen LogP contribution is -2.54. The third kappa shape index (κ3) is 4.93. The first-order valence-corrected chi connectivity index (χ1v) is 8.05. The number of carbonyl (C=O) groups is 1. The predicted octanol–water partition coefficient (Wildman–Crippen LogP) is 2.27. The van der Waals surface area contributed by atoms with Crippen molar-refractivity contribution in [2.24, 2.45) is 0 Å². The van der Waals surface area contributed by atoms with Crippen LogP contribution in [-0.4, -0.2) is 52.9 Å². The van der Waals surface area contributed by atoms with Crippen molar-refractivity contribution in [1.29, 1.82) is 0 Å². The molecule has 1 aliphatic rings. The zero-order valence-electron chi connectivity index (χ0n) is 14.1. The minimum Gasteiger partial charge on any atom is -0.425 e. The molecule has 9 heteroatoms. The summed E-state index contributed by atoms with van der Waals surface area (Å²) in [5.74, 6) is 0.826. The van der Waals surface area contributed by atoms with Crippen molar-refractivity contribution in [3.05, 3.63) is 11.8 Å². The van der Waals surface area contributed by atoms with Gasteiger partial charge in [-0.1, -0.05) is 13.8 Å². The van der Waals surface area contributed by atoms with Crippen LogP contribution in [0.3, 0.4) is 0 Å². The van der Waals surface area contributed by atoms with Gasteiger partial charge in [0, 0.05) is 31.3 Å². The quantitative estimate of drug-likeness (QED) is 0.884. The largest absolute Gasteiger partial charge is 0.425 e. The second-order valence-corrected chi connectivity index (χ2v) is 6.53. The second-order valence-electron chi connectivity index (χ2n) is 6.53. The Morgan fingerprint density at radius 2 is 2.08 bits per heavy atom. The average Bonchev–Trinajstić information content (AvgIpc) is 2.93. The standard InChI is InChI=1S/C15H23F3N4O2/c1-9(2)14-21-20-13(24-14)7-6-12(23)19-10-4-5-11(15(16,17)18)22(3)8-10/h9-11H,4-8H2,1-3H3,(H,19,23)/t10-,11-/m0/s1. The van der Waals surface area contributed by atoms with Gasteiger partial charge in [-0.3, -0.25) is 9.69 Å². The molecule has 1 aliphatic heterocycles. The highest BCUT2D eigenvalue weighted by Gasteiger charge is 2.44. The Morgan fingerprint density at radius 1 is 1.38 bits per heavy atom. The number of hydrogen-bond donors (Lipinski definition) is 1.